The zero-order chi connectivity index (χ0) is 19.6. The lowest BCUT2D eigenvalue weighted by molar-refractivity contribution is -0.112. The fourth-order valence-corrected chi connectivity index (χ4v) is 2.37. The predicted molar refractivity (Wildman–Crippen MR) is 104 cm³/mol. The van der Waals surface area contributed by atoms with E-state index >= 15 is 0 Å². The van der Waals surface area contributed by atoms with Gasteiger partial charge in [-0.15, -0.1) is 0 Å². The minimum Gasteiger partial charge on any atom is -0.494 e. The highest BCUT2D eigenvalue weighted by Crippen LogP contribution is 2.29. The third-order valence-corrected chi connectivity index (χ3v) is 3.59. The maximum absolute atomic E-state index is 12.4. The number of nitrogens with one attached hydrogen (secondary N) is 1. The normalized spacial score (nSPS) is 10.7. The van der Waals surface area contributed by atoms with Crippen molar-refractivity contribution >= 4 is 17.7 Å². The van der Waals surface area contributed by atoms with E-state index in [9.17, 15) is 10.1 Å². The fourth-order valence-electron chi connectivity index (χ4n) is 2.37. The Bertz CT molecular complexity index is 851. The van der Waals surface area contributed by atoms with Gasteiger partial charge in [-0.25, -0.2) is 0 Å². The maximum atomic E-state index is 12.4. The lowest BCUT2D eigenvalue weighted by atomic mass is 10.1. The molecule has 0 aliphatic carbocycles. The number of anilines is 1. The van der Waals surface area contributed by atoms with Crippen molar-refractivity contribution in [1.82, 2.24) is 0 Å². The van der Waals surface area contributed by atoms with Crippen molar-refractivity contribution < 1.29 is 19.0 Å². The van der Waals surface area contributed by atoms with E-state index in [0.717, 1.165) is 0 Å². The Hall–Kier alpha value is -3.46. The summed E-state index contributed by atoms with van der Waals surface area (Å²) in [5.41, 5.74) is 1.23. The first-order valence-corrected chi connectivity index (χ1v) is 8.58. The number of hydrogen-bond acceptors (Lipinski definition) is 5. The van der Waals surface area contributed by atoms with E-state index in [1.165, 1.54) is 6.08 Å². The number of rotatable bonds is 8. The van der Waals surface area contributed by atoms with Crippen molar-refractivity contribution in [3.63, 3.8) is 0 Å². The van der Waals surface area contributed by atoms with E-state index in [0.29, 0.717) is 41.7 Å². The number of benzene rings is 2. The molecule has 0 atom stereocenters. The summed E-state index contributed by atoms with van der Waals surface area (Å²) in [5, 5.41) is 12.1. The van der Waals surface area contributed by atoms with Crippen LogP contribution >= 0.6 is 0 Å². The third kappa shape index (κ3) is 5.51. The van der Waals surface area contributed by atoms with Crippen LogP contribution in [0.2, 0.25) is 0 Å². The van der Waals surface area contributed by atoms with Gasteiger partial charge in [-0.2, -0.15) is 5.26 Å². The van der Waals surface area contributed by atoms with Crippen LogP contribution in [0.3, 0.4) is 0 Å². The summed E-state index contributed by atoms with van der Waals surface area (Å²) in [6, 6.07) is 14.1. The molecule has 2 aromatic rings. The molecule has 0 fully saturated rings. The van der Waals surface area contributed by atoms with Gasteiger partial charge in [-0.05, 0) is 61.9 Å². The maximum Gasteiger partial charge on any atom is 0.266 e. The van der Waals surface area contributed by atoms with Crippen LogP contribution in [0.25, 0.3) is 6.08 Å². The first kappa shape index (κ1) is 19.9. The highest BCUT2D eigenvalue weighted by Gasteiger charge is 2.11. The molecule has 0 saturated carbocycles. The van der Waals surface area contributed by atoms with Gasteiger partial charge >= 0.3 is 0 Å². The van der Waals surface area contributed by atoms with Crippen LogP contribution in [0.5, 0.6) is 17.2 Å². The van der Waals surface area contributed by atoms with Gasteiger partial charge in [0.05, 0.1) is 20.3 Å². The van der Waals surface area contributed by atoms with Gasteiger partial charge in [0.2, 0.25) is 0 Å². The quantitative estimate of drug-likeness (QED) is 0.563. The molecular formula is C21H22N2O4. The molecule has 27 heavy (non-hydrogen) atoms. The number of hydrogen-bond donors (Lipinski definition) is 1. The van der Waals surface area contributed by atoms with Crippen molar-refractivity contribution in [1.29, 1.82) is 5.26 Å². The molecule has 0 saturated heterocycles. The van der Waals surface area contributed by atoms with Gasteiger partial charge in [0.25, 0.3) is 5.91 Å². The Morgan fingerprint density at radius 3 is 2.37 bits per heavy atom. The number of amides is 1. The molecule has 0 spiro atoms. The molecule has 0 radical (unpaired) electrons. The molecule has 2 aromatic carbocycles. The van der Waals surface area contributed by atoms with Gasteiger partial charge in [-0.3, -0.25) is 4.79 Å². The number of carbonyl (C=O) groups excluding carboxylic acids is 1. The zero-order valence-corrected chi connectivity index (χ0v) is 15.6. The van der Waals surface area contributed by atoms with Crippen LogP contribution in [0, 0.1) is 11.3 Å². The van der Waals surface area contributed by atoms with Crippen molar-refractivity contribution in [3.05, 3.63) is 53.6 Å². The Labute approximate surface area is 159 Å². The molecule has 6 heteroatoms. The molecule has 0 aromatic heterocycles. The minimum absolute atomic E-state index is 0.0171. The molecule has 1 N–H and O–H groups in total. The van der Waals surface area contributed by atoms with E-state index in [1.807, 2.05) is 19.9 Å². The lowest BCUT2D eigenvalue weighted by Gasteiger charge is -2.10. The number of ether oxygens (including phenoxy) is 3. The van der Waals surface area contributed by atoms with Gasteiger partial charge < -0.3 is 19.5 Å². The SMILES string of the molecule is CCOc1ccc(NC(=O)/C(C#N)=C/c2ccc(OC)c(OCC)c2)cc1. The summed E-state index contributed by atoms with van der Waals surface area (Å²) in [6.07, 6.45) is 1.51. The van der Waals surface area contributed by atoms with Gasteiger partial charge in [0.15, 0.2) is 11.5 Å². The molecule has 0 aliphatic heterocycles. The molecule has 1 amide bonds. The second kappa shape index (κ2) is 9.88. The van der Waals surface area contributed by atoms with Crippen LogP contribution in [-0.2, 0) is 4.79 Å². The van der Waals surface area contributed by atoms with E-state index < -0.39 is 5.91 Å². The molecule has 0 unspecified atom stereocenters. The Morgan fingerprint density at radius 1 is 1.07 bits per heavy atom. The van der Waals surface area contributed by atoms with Crippen molar-refractivity contribution in [2.45, 2.75) is 13.8 Å². The second-order valence-electron chi connectivity index (χ2n) is 5.42. The minimum atomic E-state index is -0.490. The fraction of sp³-hybridized carbons (Fsp3) is 0.238. The Balaban J connectivity index is 2.18. The molecule has 0 aliphatic rings. The summed E-state index contributed by atoms with van der Waals surface area (Å²) < 4.78 is 16.1. The van der Waals surface area contributed by atoms with Crippen LogP contribution in [0.1, 0.15) is 19.4 Å². The van der Waals surface area contributed by atoms with Gasteiger partial charge in [0.1, 0.15) is 17.4 Å². The topological polar surface area (TPSA) is 80.6 Å². The van der Waals surface area contributed by atoms with E-state index in [2.05, 4.69) is 5.32 Å². The van der Waals surface area contributed by atoms with E-state index in [4.69, 9.17) is 14.2 Å². The lowest BCUT2D eigenvalue weighted by Crippen LogP contribution is -2.13. The smallest absolute Gasteiger partial charge is 0.266 e. The Kier molecular flexibility index (Phi) is 7.26. The number of methoxy groups -OCH3 is 1. The Morgan fingerprint density at radius 2 is 1.78 bits per heavy atom. The summed E-state index contributed by atoms with van der Waals surface area (Å²) in [7, 11) is 1.55. The summed E-state index contributed by atoms with van der Waals surface area (Å²) in [4.78, 5) is 12.4. The van der Waals surface area contributed by atoms with Gasteiger partial charge in [-0.1, -0.05) is 6.07 Å². The monoisotopic (exact) mass is 366 g/mol. The van der Waals surface area contributed by atoms with Crippen LogP contribution in [0.4, 0.5) is 5.69 Å². The van der Waals surface area contributed by atoms with Crippen molar-refractivity contribution in [2.24, 2.45) is 0 Å². The third-order valence-electron chi connectivity index (χ3n) is 3.59. The van der Waals surface area contributed by atoms with E-state index in [-0.39, 0.29) is 5.57 Å². The highest BCUT2D eigenvalue weighted by molar-refractivity contribution is 6.09. The summed E-state index contributed by atoms with van der Waals surface area (Å²) in [5.74, 6) is 1.37. The van der Waals surface area contributed by atoms with Crippen LogP contribution in [-0.4, -0.2) is 26.2 Å². The standard InChI is InChI=1S/C21H22N2O4/c1-4-26-18-9-7-17(8-10-18)23-21(24)16(14-22)12-15-6-11-19(25-3)20(13-15)27-5-2/h6-13H,4-5H2,1-3H3,(H,23,24)/b16-12+. The zero-order valence-electron chi connectivity index (χ0n) is 15.6. The average Bonchev–Trinajstić information content (AvgIpc) is 2.68. The summed E-state index contributed by atoms with van der Waals surface area (Å²) >= 11 is 0. The number of carbonyl (C=O) groups is 1. The van der Waals surface area contributed by atoms with E-state index in [1.54, 1.807) is 49.6 Å². The predicted octanol–water partition coefficient (Wildman–Crippen LogP) is 4.04. The molecule has 140 valence electrons. The average molecular weight is 366 g/mol. The molecule has 2 rings (SSSR count). The molecule has 0 heterocycles. The van der Waals surface area contributed by atoms with Gasteiger partial charge in [0, 0.05) is 5.69 Å². The molecular weight excluding hydrogens is 344 g/mol. The largest absolute Gasteiger partial charge is 0.494 e. The van der Waals surface area contributed by atoms with Crippen molar-refractivity contribution in [3.8, 4) is 23.3 Å². The summed E-state index contributed by atoms with van der Waals surface area (Å²) in [6.45, 7) is 4.81. The van der Waals surface area contributed by atoms with Crippen molar-refractivity contribution in [2.75, 3.05) is 25.6 Å². The first-order chi connectivity index (χ1) is 13.1. The molecule has 0 bridgehead atoms. The highest BCUT2D eigenvalue weighted by atomic mass is 16.5. The first-order valence-electron chi connectivity index (χ1n) is 8.58. The number of nitriles is 1. The molecule has 6 nitrogen and oxygen atoms in total. The second-order valence-corrected chi connectivity index (χ2v) is 5.42. The number of nitrogens with zero attached hydrogens (tertiary/aromatic N) is 1. The van der Waals surface area contributed by atoms with Crippen LogP contribution in [0.15, 0.2) is 48.0 Å². The van der Waals surface area contributed by atoms with Crippen LogP contribution < -0.4 is 19.5 Å².